The zero-order valence-corrected chi connectivity index (χ0v) is 11.5. The normalized spacial score (nSPS) is 13.3. The number of carbonyl (C=O) groups excluding carboxylic acids is 1. The van der Waals surface area contributed by atoms with E-state index >= 15 is 0 Å². The summed E-state index contributed by atoms with van der Waals surface area (Å²) in [4.78, 5) is 14.2. The third kappa shape index (κ3) is 2.52. The first-order valence-corrected chi connectivity index (χ1v) is 6.87. The number of hydrogen-bond acceptors (Lipinski definition) is 3. The molecule has 2 aromatic rings. The fraction of sp³-hybridized carbons (Fsp3) is 0.333. The van der Waals surface area contributed by atoms with Crippen LogP contribution in [0.3, 0.4) is 0 Å². The molecule has 1 amide bonds. The highest BCUT2D eigenvalue weighted by Crippen LogP contribution is 2.26. The van der Waals surface area contributed by atoms with E-state index in [1.54, 1.807) is 6.07 Å². The molecule has 0 bridgehead atoms. The molecule has 1 aromatic heterocycles. The van der Waals surface area contributed by atoms with E-state index in [0.717, 1.165) is 25.2 Å². The van der Waals surface area contributed by atoms with Crippen molar-refractivity contribution in [2.24, 2.45) is 0 Å². The van der Waals surface area contributed by atoms with Gasteiger partial charge in [0.05, 0.1) is 0 Å². The van der Waals surface area contributed by atoms with Crippen LogP contribution in [-0.2, 0) is 6.42 Å². The fourth-order valence-corrected chi connectivity index (χ4v) is 2.57. The molecule has 1 aromatic carbocycles. The van der Waals surface area contributed by atoms with Crippen LogP contribution in [0.2, 0.25) is 0 Å². The molecular weight excluding hydrogens is 252 g/mol. The number of hydrogen-bond donors (Lipinski definition) is 2. The van der Waals surface area contributed by atoms with Crippen LogP contribution in [0.4, 0.5) is 5.69 Å². The lowest BCUT2D eigenvalue weighted by Crippen LogP contribution is -2.34. The summed E-state index contributed by atoms with van der Waals surface area (Å²) < 4.78 is 0. The first-order chi connectivity index (χ1) is 9.74. The van der Waals surface area contributed by atoms with Crippen LogP contribution in [0.5, 0.6) is 0 Å². The van der Waals surface area contributed by atoms with E-state index in [0.29, 0.717) is 12.2 Å². The average Bonchev–Trinajstić information content (AvgIpc) is 3.06. The van der Waals surface area contributed by atoms with E-state index in [4.69, 9.17) is 0 Å². The monoisotopic (exact) mass is 270 g/mol. The predicted molar refractivity (Wildman–Crippen MR) is 78.0 cm³/mol. The number of nitrogens with one attached hydrogen (secondary N) is 2. The van der Waals surface area contributed by atoms with Crippen molar-refractivity contribution in [2.45, 2.75) is 13.3 Å². The number of nitrogens with zero attached hydrogens (tertiary/aromatic N) is 2. The maximum Gasteiger partial charge on any atom is 0.271 e. The summed E-state index contributed by atoms with van der Waals surface area (Å²) in [7, 11) is 0. The van der Waals surface area contributed by atoms with Gasteiger partial charge in [0.2, 0.25) is 0 Å². The SMILES string of the molecule is Cc1cc(C(=O)NCCN2CCc3ccccc32)n[nH]1. The van der Waals surface area contributed by atoms with Crippen LogP contribution in [0.15, 0.2) is 30.3 Å². The van der Waals surface area contributed by atoms with E-state index in [1.807, 2.05) is 6.92 Å². The van der Waals surface area contributed by atoms with Gasteiger partial charge in [-0.1, -0.05) is 18.2 Å². The van der Waals surface area contributed by atoms with Gasteiger partial charge in [-0.05, 0) is 31.0 Å². The van der Waals surface area contributed by atoms with Crippen molar-refractivity contribution in [1.82, 2.24) is 15.5 Å². The Labute approximate surface area is 118 Å². The molecule has 0 fully saturated rings. The number of benzene rings is 1. The van der Waals surface area contributed by atoms with Crippen molar-refractivity contribution >= 4 is 11.6 Å². The van der Waals surface area contributed by atoms with Crippen LogP contribution in [0.1, 0.15) is 21.7 Å². The van der Waals surface area contributed by atoms with Gasteiger partial charge in [0.15, 0.2) is 0 Å². The van der Waals surface area contributed by atoms with Crippen molar-refractivity contribution in [3.05, 3.63) is 47.3 Å². The second kappa shape index (κ2) is 5.36. The summed E-state index contributed by atoms with van der Waals surface area (Å²) in [5.74, 6) is -0.123. The number of rotatable bonds is 4. The van der Waals surface area contributed by atoms with Crippen molar-refractivity contribution < 1.29 is 4.79 Å². The maximum absolute atomic E-state index is 11.9. The van der Waals surface area contributed by atoms with Crippen molar-refractivity contribution in [1.29, 1.82) is 0 Å². The number of aryl methyl sites for hydroxylation is 1. The zero-order valence-electron chi connectivity index (χ0n) is 11.5. The lowest BCUT2D eigenvalue weighted by atomic mass is 10.2. The van der Waals surface area contributed by atoms with Gasteiger partial charge in [0, 0.05) is 31.0 Å². The number of H-pyrrole nitrogens is 1. The fourth-order valence-electron chi connectivity index (χ4n) is 2.57. The number of para-hydroxylation sites is 1. The molecule has 0 saturated heterocycles. The number of carbonyl (C=O) groups is 1. The molecule has 0 unspecified atom stereocenters. The molecule has 104 valence electrons. The van der Waals surface area contributed by atoms with E-state index in [9.17, 15) is 4.79 Å². The smallest absolute Gasteiger partial charge is 0.271 e. The van der Waals surface area contributed by atoms with Gasteiger partial charge in [-0.15, -0.1) is 0 Å². The van der Waals surface area contributed by atoms with Crippen molar-refractivity contribution in [3.63, 3.8) is 0 Å². The number of aromatic amines is 1. The molecule has 1 aliphatic heterocycles. The predicted octanol–water partition coefficient (Wildman–Crippen LogP) is 1.51. The van der Waals surface area contributed by atoms with Gasteiger partial charge in [-0.3, -0.25) is 9.89 Å². The minimum atomic E-state index is -0.123. The third-order valence-corrected chi connectivity index (χ3v) is 3.59. The largest absolute Gasteiger partial charge is 0.369 e. The standard InChI is InChI=1S/C15H18N4O/c1-11-10-13(18-17-11)15(20)16-7-9-19-8-6-12-4-2-3-5-14(12)19/h2-5,10H,6-9H2,1H3,(H,16,20)(H,17,18). The van der Waals surface area contributed by atoms with Crippen molar-refractivity contribution in [2.75, 3.05) is 24.5 Å². The van der Waals surface area contributed by atoms with Gasteiger partial charge >= 0.3 is 0 Å². The Hall–Kier alpha value is -2.30. The maximum atomic E-state index is 11.9. The highest BCUT2D eigenvalue weighted by molar-refractivity contribution is 5.92. The molecule has 2 N–H and O–H groups in total. The molecule has 1 aliphatic rings. The minimum Gasteiger partial charge on any atom is -0.369 e. The summed E-state index contributed by atoms with van der Waals surface area (Å²) >= 11 is 0. The number of anilines is 1. The Bertz CT molecular complexity index is 620. The summed E-state index contributed by atoms with van der Waals surface area (Å²) in [6, 6.07) is 10.2. The third-order valence-electron chi connectivity index (χ3n) is 3.59. The molecule has 0 radical (unpaired) electrons. The van der Waals surface area contributed by atoms with Crippen LogP contribution >= 0.6 is 0 Å². The summed E-state index contributed by atoms with van der Waals surface area (Å²) in [6.45, 7) is 4.35. The highest BCUT2D eigenvalue weighted by atomic mass is 16.1. The molecule has 5 nitrogen and oxygen atoms in total. The Balaban J connectivity index is 1.53. The van der Waals surface area contributed by atoms with Gasteiger partial charge in [-0.2, -0.15) is 5.10 Å². The van der Waals surface area contributed by atoms with Gasteiger partial charge in [0.25, 0.3) is 5.91 Å². The lowest BCUT2D eigenvalue weighted by molar-refractivity contribution is 0.0949. The van der Waals surface area contributed by atoms with Crippen LogP contribution < -0.4 is 10.2 Å². The first-order valence-electron chi connectivity index (χ1n) is 6.87. The van der Waals surface area contributed by atoms with Gasteiger partial charge in [-0.25, -0.2) is 0 Å². The number of fused-ring (bicyclic) bond motifs is 1. The molecule has 0 aliphatic carbocycles. The van der Waals surface area contributed by atoms with Crippen molar-refractivity contribution in [3.8, 4) is 0 Å². The van der Waals surface area contributed by atoms with E-state index in [-0.39, 0.29) is 5.91 Å². The average molecular weight is 270 g/mol. The molecular formula is C15H18N4O. The van der Waals surface area contributed by atoms with Crippen LogP contribution in [0.25, 0.3) is 0 Å². The summed E-state index contributed by atoms with van der Waals surface area (Å²) in [5, 5.41) is 9.63. The Morgan fingerprint density at radius 1 is 1.45 bits per heavy atom. The summed E-state index contributed by atoms with van der Waals surface area (Å²) in [6.07, 6.45) is 1.09. The first kappa shape index (κ1) is 12.7. The quantitative estimate of drug-likeness (QED) is 0.885. The Morgan fingerprint density at radius 2 is 2.30 bits per heavy atom. The zero-order chi connectivity index (χ0) is 13.9. The van der Waals surface area contributed by atoms with Crippen LogP contribution in [0, 0.1) is 6.92 Å². The number of amides is 1. The Kier molecular flexibility index (Phi) is 3.41. The molecule has 0 spiro atoms. The molecule has 0 atom stereocenters. The van der Waals surface area contributed by atoms with Gasteiger partial charge in [0.1, 0.15) is 5.69 Å². The number of aromatic nitrogens is 2. The van der Waals surface area contributed by atoms with Gasteiger partial charge < -0.3 is 10.2 Å². The summed E-state index contributed by atoms with van der Waals surface area (Å²) in [5.41, 5.74) is 4.02. The second-order valence-corrected chi connectivity index (χ2v) is 5.06. The molecule has 2 heterocycles. The molecule has 5 heteroatoms. The molecule has 20 heavy (non-hydrogen) atoms. The van der Waals surface area contributed by atoms with Crippen LogP contribution in [-0.4, -0.2) is 35.7 Å². The van der Waals surface area contributed by atoms with E-state index < -0.39 is 0 Å². The lowest BCUT2D eigenvalue weighted by Gasteiger charge is -2.19. The second-order valence-electron chi connectivity index (χ2n) is 5.06. The topological polar surface area (TPSA) is 61.0 Å². The highest BCUT2D eigenvalue weighted by Gasteiger charge is 2.18. The van der Waals surface area contributed by atoms with E-state index in [1.165, 1.54) is 11.3 Å². The molecule has 0 saturated carbocycles. The Morgan fingerprint density at radius 3 is 3.10 bits per heavy atom. The molecule has 3 rings (SSSR count). The minimum absolute atomic E-state index is 0.123. The van der Waals surface area contributed by atoms with E-state index in [2.05, 4.69) is 44.7 Å².